The third-order valence-corrected chi connectivity index (χ3v) is 5.20. The summed E-state index contributed by atoms with van der Waals surface area (Å²) < 4.78 is 12.0. The van der Waals surface area contributed by atoms with Crippen molar-refractivity contribution in [3.63, 3.8) is 0 Å². The number of aryl methyl sites for hydroxylation is 1. The maximum Gasteiger partial charge on any atom is 0.217 e. The third kappa shape index (κ3) is 3.52. The molecule has 2 fully saturated rings. The van der Waals surface area contributed by atoms with Gasteiger partial charge in [-0.25, -0.2) is 0 Å². The fraction of sp³-hybridized carbons (Fsp3) is 0.632. The molecule has 1 aliphatic heterocycles. The lowest BCUT2D eigenvalue weighted by Crippen LogP contribution is -2.50. The SMILES string of the molecule is COc1cc(C)ccc1[C@H]1C[C@@H](NC(C)=O)[C@@H]2CCCC[C@H]2O1. The van der Waals surface area contributed by atoms with E-state index in [4.69, 9.17) is 9.47 Å². The van der Waals surface area contributed by atoms with Crippen LogP contribution in [0, 0.1) is 12.8 Å². The summed E-state index contributed by atoms with van der Waals surface area (Å²) in [6.45, 7) is 3.67. The van der Waals surface area contributed by atoms with E-state index in [0.717, 1.165) is 30.6 Å². The molecule has 4 nitrogen and oxygen atoms in total. The van der Waals surface area contributed by atoms with E-state index in [9.17, 15) is 4.79 Å². The molecule has 1 aliphatic carbocycles. The lowest BCUT2D eigenvalue weighted by molar-refractivity contribution is -0.131. The summed E-state index contributed by atoms with van der Waals surface area (Å²) in [7, 11) is 1.70. The molecule has 4 atom stereocenters. The molecule has 1 aromatic rings. The molecule has 23 heavy (non-hydrogen) atoms. The van der Waals surface area contributed by atoms with E-state index < -0.39 is 0 Å². The van der Waals surface area contributed by atoms with Gasteiger partial charge in [-0.1, -0.05) is 25.0 Å². The van der Waals surface area contributed by atoms with Crippen molar-refractivity contribution >= 4 is 5.91 Å². The molecule has 1 N–H and O–H groups in total. The van der Waals surface area contributed by atoms with E-state index in [1.807, 2.05) is 0 Å². The van der Waals surface area contributed by atoms with Crippen LogP contribution in [0.5, 0.6) is 5.75 Å². The highest BCUT2D eigenvalue weighted by Crippen LogP contribution is 2.43. The number of carbonyl (C=O) groups excluding carboxylic acids is 1. The molecule has 0 unspecified atom stereocenters. The maximum absolute atomic E-state index is 11.6. The van der Waals surface area contributed by atoms with Gasteiger partial charge in [-0.3, -0.25) is 4.79 Å². The normalized spacial score (nSPS) is 30.4. The van der Waals surface area contributed by atoms with Crippen molar-refractivity contribution in [3.8, 4) is 5.75 Å². The van der Waals surface area contributed by atoms with Crippen molar-refractivity contribution in [1.29, 1.82) is 0 Å². The van der Waals surface area contributed by atoms with Crippen LogP contribution in [0.2, 0.25) is 0 Å². The molecule has 0 bridgehead atoms. The van der Waals surface area contributed by atoms with Crippen molar-refractivity contribution in [2.75, 3.05) is 7.11 Å². The minimum atomic E-state index is -0.0123. The first kappa shape index (κ1) is 16.3. The lowest BCUT2D eigenvalue weighted by Gasteiger charge is -2.45. The standard InChI is InChI=1S/C19H27NO3/c1-12-8-9-15(18(10-12)22-3)19-11-16(20-13(2)21)14-6-4-5-7-17(14)23-19/h8-10,14,16-17,19H,4-7,11H2,1-3H3,(H,20,21)/t14-,16+,17+,19+/m0/s1. The first-order valence-electron chi connectivity index (χ1n) is 8.65. The van der Waals surface area contributed by atoms with Crippen LogP contribution in [0.3, 0.4) is 0 Å². The fourth-order valence-electron chi connectivity index (χ4n) is 4.14. The summed E-state index contributed by atoms with van der Waals surface area (Å²) in [5.41, 5.74) is 2.27. The second kappa shape index (κ2) is 6.91. The molecule has 2 aliphatic rings. The highest BCUT2D eigenvalue weighted by atomic mass is 16.5. The molecule has 1 heterocycles. The van der Waals surface area contributed by atoms with E-state index >= 15 is 0 Å². The lowest BCUT2D eigenvalue weighted by atomic mass is 9.76. The monoisotopic (exact) mass is 317 g/mol. The third-order valence-electron chi connectivity index (χ3n) is 5.20. The molecular formula is C19H27NO3. The predicted octanol–water partition coefficient (Wildman–Crippen LogP) is 3.53. The van der Waals surface area contributed by atoms with Crippen molar-refractivity contribution < 1.29 is 14.3 Å². The van der Waals surface area contributed by atoms with Gasteiger partial charge in [0.1, 0.15) is 5.75 Å². The Morgan fingerprint density at radius 2 is 2.09 bits per heavy atom. The smallest absolute Gasteiger partial charge is 0.217 e. The minimum Gasteiger partial charge on any atom is -0.496 e. The van der Waals surface area contributed by atoms with Gasteiger partial charge in [-0.05, 0) is 37.8 Å². The molecule has 1 saturated heterocycles. The zero-order chi connectivity index (χ0) is 16.4. The average Bonchev–Trinajstić information content (AvgIpc) is 2.54. The first-order chi connectivity index (χ1) is 11.1. The summed E-state index contributed by atoms with van der Waals surface area (Å²) in [6, 6.07) is 6.45. The van der Waals surface area contributed by atoms with Gasteiger partial charge in [0.05, 0.1) is 19.3 Å². The summed E-state index contributed by atoms with van der Waals surface area (Å²) in [4.78, 5) is 11.6. The molecule has 0 aromatic heterocycles. The van der Waals surface area contributed by atoms with E-state index in [1.54, 1.807) is 14.0 Å². The molecule has 3 rings (SSSR count). The molecular weight excluding hydrogens is 290 g/mol. The van der Waals surface area contributed by atoms with Crippen LogP contribution in [0.1, 0.15) is 56.3 Å². The van der Waals surface area contributed by atoms with Crippen molar-refractivity contribution in [3.05, 3.63) is 29.3 Å². The molecule has 1 aromatic carbocycles. The molecule has 0 spiro atoms. The number of fused-ring (bicyclic) bond motifs is 1. The number of benzene rings is 1. The Bertz CT molecular complexity index is 572. The van der Waals surface area contributed by atoms with E-state index in [-0.39, 0.29) is 24.2 Å². The minimum absolute atomic E-state index is 0.0123. The van der Waals surface area contributed by atoms with E-state index in [0.29, 0.717) is 5.92 Å². The number of ether oxygens (including phenoxy) is 2. The first-order valence-corrected chi connectivity index (χ1v) is 8.65. The summed E-state index contributed by atoms with van der Waals surface area (Å²) in [5, 5.41) is 3.17. The predicted molar refractivity (Wildman–Crippen MR) is 89.5 cm³/mol. The van der Waals surface area contributed by atoms with Gasteiger partial charge in [0.25, 0.3) is 0 Å². The molecule has 1 saturated carbocycles. The summed E-state index contributed by atoms with van der Waals surface area (Å²) in [5.74, 6) is 1.38. The topological polar surface area (TPSA) is 47.6 Å². The number of amides is 1. The van der Waals surface area contributed by atoms with Gasteiger partial charge >= 0.3 is 0 Å². The second-order valence-corrected chi connectivity index (χ2v) is 6.90. The molecule has 126 valence electrons. The zero-order valence-electron chi connectivity index (χ0n) is 14.3. The van der Waals surface area contributed by atoms with Crippen LogP contribution >= 0.6 is 0 Å². The Balaban J connectivity index is 1.86. The van der Waals surface area contributed by atoms with Crippen LogP contribution < -0.4 is 10.1 Å². The Hall–Kier alpha value is -1.55. The number of hydrogen-bond donors (Lipinski definition) is 1. The van der Waals surface area contributed by atoms with Gasteiger partial charge in [-0.2, -0.15) is 0 Å². The van der Waals surface area contributed by atoms with E-state index in [1.165, 1.54) is 18.4 Å². The number of carbonyl (C=O) groups is 1. The van der Waals surface area contributed by atoms with Crippen LogP contribution in [0.15, 0.2) is 18.2 Å². The van der Waals surface area contributed by atoms with Crippen LogP contribution in [0.25, 0.3) is 0 Å². The Morgan fingerprint density at radius 1 is 1.30 bits per heavy atom. The fourth-order valence-corrected chi connectivity index (χ4v) is 4.14. The van der Waals surface area contributed by atoms with Gasteiger partial charge < -0.3 is 14.8 Å². The molecule has 4 heteroatoms. The Kier molecular flexibility index (Phi) is 4.90. The van der Waals surface area contributed by atoms with Gasteiger partial charge in [0.15, 0.2) is 0 Å². The number of nitrogens with one attached hydrogen (secondary N) is 1. The molecule has 1 amide bonds. The zero-order valence-corrected chi connectivity index (χ0v) is 14.3. The largest absolute Gasteiger partial charge is 0.496 e. The summed E-state index contributed by atoms with van der Waals surface area (Å²) >= 11 is 0. The number of methoxy groups -OCH3 is 1. The Labute approximate surface area is 138 Å². The van der Waals surface area contributed by atoms with Gasteiger partial charge in [0.2, 0.25) is 5.91 Å². The van der Waals surface area contributed by atoms with Crippen molar-refractivity contribution in [2.24, 2.45) is 5.92 Å². The van der Waals surface area contributed by atoms with E-state index in [2.05, 4.69) is 30.4 Å². The van der Waals surface area contributed by atoms with Crippen LogP contribution in [-0.2, 0) is 9.53 Å². The van der Waals surface area contributed by atoms with Crippen molar-refractivity contribution in [1.82, 2.24) is 5.32 Å². The van der Waals surface area contributed by atoms with Crippen LogP contribution in [-0.4, -0.2) is 25.2 Å². The van der Waals surface area contributed by atoms with Crippen LogP contribution in [0.4, 0.5) is 0 Å². The second-order valence-electron chi connectivity index (χ2n) is 6.90. The average molecular weight is 317 g/mol. The molecule has 0 radical (unpaired) electrons. The summed E-state index contributed by atoms with van der Waals surface area (Å²) in [6.07, 6.45) is 5.73. The number of hydrogen-bond acceptors (Lipinski definition) is 3. The highest BCUT2D eigenvalue weighted by Gasteiger charge is 2.41. The quantitative estimate of drug-likeness (QED) is 0.928. The van der Waals surface area contributed by atoms with Gasteiger partial charge in [0, 0.05) is 24.4 Å². The van der Waals surface area contributed by atoms with Crippen molar-refractivity contribution in [2.45, 2.75) is 64.2 Å². The number of rotatable bonds is 3. The Morgan fingerprint density at radius 3 is 2.83 bits per heavy atom. The highest BCUT2D eigenvalue weighted by molar-refractivity contribution is 5.73. The van der Waals surface area contributed by atoms with Gasteiger partial charge in [-0.15, -0.1) is 0 Å². The maximum atomic E-state index is 11.6.